The lowest BCUT2D eigenvalue weighted by Crippen LogP contribution is -2.01. The van der Waals surface area contributed by atoms with Crippen LogP contribution in [0.5, 0.6) is 5.75 Å². The molecule has 0 heterocycles. The molecule has 0 aliphatic carbocycles. The van der Waals surface area contributed by atoms with Gasteiger partial charge in [-0.15, -0.1) is 0 Å². The van der Waals surface area contributed by atoms with E-state index in [1.165, 1.54) is 5.56 Å². The molecule has 0 amide bonds. The fourth-order valence-electron chi connectivity index (χ4n) is 1.59. The van der Waals surface area contributed by atoms with E-state index in [0.29, 0.717) is 12.2 Å². The van der Waals surface area contributed by atoms with Crippen molar-refractivity contribution in [2.75, 3.05) is 6.61 Å². The van der Waals surface area contributed by atoms with Gasteiger partial charge in [0.05, 0.1) is 18.2 Å². The van der Waals surface area contributed by atoms with E-state index < -0.39 is 0 Å². The molecule has 2 rings (SSSR count). The molecule has 3 heteroatoms. The zero-order valence-electron chi connectivity index (χ0n) is 9.77. The quantitative estimate of drug-likeness (QED) is 0.857. The summed E-state index contributed by atoms with van der Waals surface area (Å²) in [5.41, 5.74) is 1.86. The topological polar surface area (TPSA) is 33.0 Å². The van der Waals surface area contributed by atoms with Crippen LogP contribution in [0, 0.1) is 11.3 Å². The fourth-order valence-corrected chi connectivity index (χ4v) is 1.97. The molecule has 0 bridgehead atoms. The largest absolute Gasteiger partial charge is 0.493 e. The van der Waals surface area contributed by atoms with Gasteiger partial charge in [0.25, 0.3) is 0 Å². The Labute approximate surface area is 115 Å². The molecule has 90 valence electrons. The first-order valence-electron chi connectivity index (χ1n) is 5.65. The van der Waals surface area contributed by atoms with Crippen LogP contribution in [0.4, 0.5) is 0 Å². The summed E-state index contributed by atoms with van der Waals surface area (Å²) in [6.07, 6.45) is 0.832. The standard InChI is InChI=1S/C15H12BrNO/c16-14-2-1-3-15(10-14)18-9-8-12-4-6-13(11-17)7-5-12/h1-7,10H,8-9H2. The molecule has 0 unspecified atom stereocenters. The van der Waals surface area contributed by atoms with Gasteiger partial charge >= 0.3 is 0 Å². The molecule has 0 spiro atoms. The Hall–Kier alpha value is -1.79. The maximum Gasteiger partial charge on any atom is 0.120 e. The van der Waals surface area contributed by atoms with Crippen LogP contribution in [0.25, 0.3) is 0 Å². The Bertz CT molecular complexity index is 557. The summed E-state index contributed by atoms with van der Waals surface area (Å²) >= 11 is 3.40. The highest BCUT2D eigenvalue weighted by molar-refractivity contribution is 9.10. The van der Waals surface area contributed by atoms with Crippen LogP contribution in [0.3, 0.4) is 0 Å². The first-order valence-corrected chi connectivity index (χ1v) is 6.44. The number of benzene rings is 2. The molecule has 0 fully saturated rings. The lowest BCUT2D eigenvalue weighted by atomic mass is 10.1. The molecular weight excluding hydrogens is 290 g/mol. The van der Waals surface area contributed by atoms with Crippen LogP contribution in [0.15, 0.2) is 53.0 Å². The van der Waals surface area contributed by atoms with Crippen LogP contribution in [-0.2, 0) is 6.42 Å². The third-order valence-corrected chi connectivity index (χ3v) is 3.03. The van der Waals surface area contributed by atoms with E-state index in [0.717, 1.165) is 16.6 Å². The molecule has 18 heavy (non-hydrogen) atoms. The van der Waals surface area contributed by atoms with Crippen LogP contribution >= 0.6 is 15.9 Å². The van der Waals surface area contributed by atoms with E-state index in [9.17, 15) is 0 Å². The average molecular weight is 302 g/mol. The Morgan fingerprint density at radius 3 is 2.56 bits per heavy atom. The van der Waals surface area contributed by atoms with Gasteiger partial charge in [-0.2, -0.15) is 5.26 Å². The van der Waals surface area contributed by atoms with Crippen molar-refractivity contribution in [1.82, 2.24) is 0 Å². The zero-order chi connectivity index (χ0) is 12.8. The van der Waals surface area contributed by atoms with Crippen molar-refractivity contribution in [3.05, 3.63) is 64.1 Å². The first kappa shape index (κ1) is 12.7. The molecule has 0 saturated heterocycles. The van der Waals surface area contributed by atoms with Crippen molar-refractivity contribution in [2.45, 2.75) is 6.42 Å². The number of ether oxygens (including phenoxy) is 1. The molecule has 2 aromatic rings. The van der Waals surface area contributed by atoms with Crippen molar-refractivity contribution < 1.29 is 4.74 Å². The summed E-state index contributed by atoms with van der Waals surface area (Å²) in [5.74, 6) is 0.859. The van der Waals surface area contributed by atoms with Crippen molar-refractivity contribution in [1.29, 1.82) is 5.26 Å². The van der Waals surface area contributed by atoms with Gasteiger partial charge in [0.1, 0.15) is 5.75 Å². The highest BCUT2D eigenvalue weighted by Crippen LogP contribution is 2.17. The van der Waals surface area contributed by atoms with Crippen molar-refractivity contribution in [2.24, 2.45) is 0 Å². The second-order valence-electron chi connectivity index (χ2n) is 3.86. The Morgan fingerprint density at radius 2 is 1.89 bits per heavy atom. The van der Waals surface area contributed by atoms with Crippen molar-refractivity contribution in [3.63, 3.8) is 0 Å². The van der Waals surface area contributed by atoms with Gasteiger partial charge in [0, 0.05) is 10.9 Å². The van der Waals surface area contributed by atoms with Gasteiger partial charge in [-0.1, -0.05) is 34.1 Å². The fraction of sp³-hybridized carbons (Fsp3) is 0.133. The smallest absolute Gasteiger partial charge is 0.120 e. The molecule has 0 aliphatic heterocycles. The van der Waals surface area contributed by atoms with E-state index in [-0.39, 0.29) is 0 Å². The second-order valence-corrected chi connectivity index (χ2v) is 4.78. The van der Waals surface area contributed by atoms with Crippen LogP contribution in [0.2, 0.25) is 0 Å². The van der Waals surface area contributed by atoms with Gasteiger partial charge in [0.15, 0.2) is 0 Å². The summed E-state index contributed by atoms with van der Waals surface area (Å²) in [5, 5.41) is 8.70. The van der Waals surface area contributed by atoms with Crippen LogP contribution < -0.4 is 4.74 Å². The second kappa shape index (κ2) is 6.23. The minimum Gasteiger partial charge on any atom is -0.493 e. The van der Waals surface area contributed by atoms with Crippen LogP contribution in [-0.4, -0.2) is 6.61 Å². The lowest BCUT2D eigenvalue weighted by molar-refractivity contribution is 0.322. The molecule has 0 atom stereocenters. The summed E-state index contributed by atoms with van der Waals surface area (Å²) in [6.45, 7) is 0.627. The molecule has 2 aromatic carbocycles. The molecule has 2 nitrogen and oxygen atoms in total. The number of nitrogens with zero attached hydrogens (tertiary/aromatic N) is 1. The summed E-state index contributed by atoms with van der Waals surface area (Å²) in [7, 11) is 0. The average Bonchev–Trinajstić information content (AvgIpc) is 2.40. The third kappa shape index (κ3) is 3.61. The van der Waals surface area contributed by atoms with Gasteiger partial charge in [-0.05, 0) is 35.9 Å². The minimum atomic E-state index is 0.627. The molecule has 0 radical (unpaired) electrons. The molecule has 0 saturated carbocycles. The highest BCUT2D eigenvalue weighted by atomic mass is 79.9. The normalized spacial score (nSPS) is 9.78. The van der Waals surface area contributed by atoms with Crippen molar-refractivity contribution >= 4 is 15.9 Å². The molecule has 0 aliphatic rings. The Morgan fingerprint density at radius 1 is 1.11 bits per heavy atom. The van der Waals surface area contributed by atoms with Crippen molar-refractivity contribution in [3.8, 4) is 11.8 Å². The summed E-state index contributed by atoms with van der Waals surface area (Å²) in [4.78, 5) is 0. The maximum atomic E-state index is 8.70. The SMILES string of the molecule is N#Cc1ccc(CCOc2cccc(Br)c2)cc1. The lowest BCUT2D eigenvalue weighted by Gasteiger charge is -2.06. The molecule has 0 aromatic heterocycles. The minimum absolute atomic E-state index is 0.627. The number of nitriles is 1. The number of hydrogen-bond acceptors (Lipinski definition) is 2. The first-order chi connectivity index (χ1) is 8.78. The van der Waals surface area contributed by atoms with Gasteiger partial charge < -0.3 is 4.74 Å². The summed E-state index contributed by atoms with van der Waals surface area (Å²) in [6, 6.07) is 17.5. The molecular formula is C15H12BrNO. The van der Waals surface area contributed by atoms with E-state index in [4.69, 9.17) is 10.00 Å². The highest BCUT2D eigenvalue weighted by Gasteiger charge is 1.97. The van der Waals surface area contributed by atoms with E-state index in [1.807, 2.05) is 48.5 Å². The third-order valence-electron chi connectivity index (χ3n) is 2.54. The summed E-state index contributed by atoms with van der Waals surface area (Å²) < 4.78 is 6.66. The van der Waals surface area contributed by atoms with E-state index in [1.54, 1.807) is 0 Å². The number of hydrogen-bond donors (Lipinski definition) is 0. The maximum absolute atomic E-state index is 8.70. The number of rotatable bonds is 4. The predicted molar refractivity (Wildman–Crippen MR) is 74.5 cm³/mol. The van der Waals surface area contributed by atoms with E-state index in [2.05, 4.69) is 22.0 Å². The molecule has 0 N–H and O–H groups in total. The predicted octanol–water partition coefficient (Wildman–Crippen LogP) is 3.94. The van der Waals surface area contributed by atoms with Crippen LogP contribution in [0.1, 0.15) is 11.1 Å². The monoisotopic (exact) mass is 301 g/mol. The Kier molecular flexibility index (Phi) is 4.38. The van der Waals surface area contributed by atoms with E-state index >= 15 is 0 Å². The van der Waals surface area contributed by atoms with Gasteiger partial charge in [0.2, 0.25) is 0 Å². The number of halogens is 1. The Balaban J connectivity index is 1.86. The van der Waals surface area contributed by atoms with Gasteiger partial charge in [-0.3, -0.25) is 0 Å². The zero-order valence-corrected chi connectivity index (χ0v) is 11.4. The van der Waals surface area contributed by atoms with Gasteiger partial charge in [-0.25, -0.2) is 0 Å².